The Morgan fingerprint density at radius 2 is 2.00 bits per heavy atom. The molecule has 0 aromatic heterocycles. The Morgan fingerprint density at radius 1 is 1.28 bits per heavy atom. The molecule has 142 valence electrons. The molecule has 0 aliphatic carbocycles. The maximum absolute atomic E-state index is 12.0. The van der Waals surface area contributed by atoms with Crippen molar-refractivity contribution >= 4 is 30.1 Å². The van der Waals surface area contributed by atoms with Gasteiger partial charge in [0.2, 0.25) is 5.91 Å². The van der Waals surface area contributed by atoms with Gasteiger partial charge in [-0.15, -0.1) is 24.2 Å². The number of hydrogen-bond donors (Lipinski definition) is 2. The zero-order chi connectivity index (χ0) is 17.4. The number of hydrogen-bond acceptors (Lipinski definition) is 5. The highest BCUT2D eigenvalue weighted by Crippen LogP contribution is 2.33. The number of benzene rings is 1. The average Bonchev–Trinajstić information content (AvgIpc) is 2.78. The van der Waals surface area contributed by atoms with Gasteiger partial charge in [-0.2, -0.15) is 0 Å². The summed E-state index contributed by atoms with van der Waals surface area (Å²) in [6.45, 7) is 6.13. The first-order chi connectivity index (χ1) is 11.6. The molecule has 3 N–H and O–H groups in total. The standard InChI is InChI=1S/C18H28N2O3S.ClH/c1-13(2)10-14(12-19)20-18(21)6-9-24-15-4-5-16-17(11-15)23-8-3-7-22-16;/h4-5,11,13-14H,3,6-10,12,19H2,1-2H3,(H,20,21);1H. The summed E-state index contributed by atoms with van der Waals surface area (Å²) < 4.78 is 11.3. The molecule has 0 fully saturated rings. The number of amides is 1. The number of ether oxygens (including phenoxy) is 2. The fourth-order valence-corrected chi connectivity index (χ4v) is 3.46. The monoisotopic (exact) mass is 388 g/mol. The highest BCUT2D eigenvalue weighted by molar-refractivity contribution is 7.99. The van der Waals surface area contributed by atoms with Gasteiger partial charge < -0.3 is 20.5 Å². The molecule has 1 heterocycles. The van der Waals surface area contributed by atoms with Crippen molar-refractivity contribution in [2.75, 3.05) is 25.5 Å². The normalized spacial score (nSPS) is 14.4. The molecule has 1 aromatic rings. The van der Waals surface area contributed by atoms with E-state index < -0.39 is 0 Å². The van der Waals surface area contributed by atoms with Gasteiger partial charge in [0.05, 0.1) is 13.2 Å². The van der Waals surface area contributed by atoms with Gasteiger partial charge in [-0.25, -0.2) is 0 Å². The third-order valence-corrected chi connectivity index (χ3v) is 4.72. The lowest BCUT2D eigenvalue weighted by atomic mass is 10.0. The second kappa shape index (κ2) is 11.5. The van der Waals surface area contributed by atoms with Gasteiger partial charge in [0.15, 0.2) is 11.5 Å². The summed E-state index contributed by atoms with van der Waals surface area (Å²) in [5.74, 6) is 2.91. The Morgan fingerprint density at radius 3 is 2.68 bits per heavy atom. The van der Waals surface area contributed by atoms with Gasteiger partial charge in [-0.3, -0.25) is 4.79 Å². The Hall–Kier alpha value is -1.11. The largest absolute Gasteiger partial charge is 0.490 e. The third-order valence-electron chi connectivity index (χ3n) is 3.72. The summed E-state index contributed by atoms with van der Waals surface area (Å²) in [7, 11) is 0. The van der Waals surface area contributed by atoms with Crippen molar-refractivity contribution < 1.29 is 14.3 Å². The summed E-state index contributed by atoms with van der Waals surface area (Å²) in [6.07, 6.45) is 2.29. The molecule has 7 heteroatoms. The Kier molecular flexibility index (Phi) is 10.1. The molecule has 1 aromatic carbocycles. The van der Waals surface area contributed by atoms with Gasteiger partial charge in [-0.05, 0) is 30.5 Å². The minimum atomic E-state index is 0. The number of nitrogens with two attached hydrogens (primary N) is 1. The minimum absolute atomic E-state index is 0. The Bertz CT molecular complexity index is 543. The van der Waals surface area contributed by atoms with Crippen molar-refractivity contribution in [3.8, 4) is 11.5 Å². The van der Waals surface area contributed by atoms with Gasteiger partial charge in [-0.1, -0.05) is 13.8 Å². The summed E-state index contributed by atoms with van der Waals surface area (Å²) >= 11 is 1.65. The van der Waals surface area contributed by atoms with Crippen molar-refractivity contribution in [2.24, 2.45) is 11.7 Å². The Labute approximate surface area is 160 Å². The van der Waals surface area contributed by atoms with Crippen LogP contribution in [-0.2, 0) is 4.79 Å². The van der Waals surface area contributed by atoms with Crippen LogP contribution in [0.3, 0.4) is 0 Å². The van der Waals surface area contributed by atoms with Crippen LogP contribution in [0, 0.1) is 5.92 Å². The zero-order valence-electron chi connectivity index (χ0n) is 15.0. The average molecular weight is 389 g/mol. The molecule has 1 atom stereocenters. The van der Waals surface area contributed by atoms with E-state index in [0.29, 0.717) is 32.1 Å². The van der Waals surface area contributed by atoms with Crippen LogP contribution in [0.1, 0.15) is 33.1 Å². The first-order valence-electron chi connectivity index (χ1n) is 8.60. The molecular weight excluding hydrogens is 360 g/mol. The molecule has 2 rings (SSSR count). The summed E-state index contributed by atoms with van der Waals surface area (Å²) in [5.41, 5.74) is 5.72. The molecule has 1 amide bonds. The van der Waals surface area contributed by atoms with Crippen molar-refractivity contribution in [3.63, 3.8) is 0 Å². The lowest BCUT2D eigenvalue weighted by molar-refractivity contribution is -0.121. The van der Waals surface area contributed by atoms with Crippen LogP contribution in [0.4, 0.5) is 0 Å². The number of fused-ring (bicyclic) bond motifs is 1. The number of carbonyl (C=O) groups is 1. The smallest absolute Gasteiger partial charge is 0.221 e. The van der Waals surface area contributed by atoms with E-state index in [0.717, 1.165) is 35.0 Å². The lowest BCUT2D eigenvalue weighted by Gasteiger charge is -2.18. The van der Waals surface area contributed by atoms with Gasteiger partial charge in [0.1, 0.15) is 0 Å². The first kappa shape index (κ1) is 21.9. The van der Waals surface area contributed by atoms with Crippen LogP contribution in [-0.4, -0.2) is 37.5 Å². The lowest BCUT2D eigenvalue weighted by Crippen LogP contribution is -2.41. The molecule has 25 heavy (non-hydrogen) atoms. The van der Waals surface area contributed by atoms with E-state index in [1.165, 1.54) is 0 Å². The molecule has 0 saturated heterocycles. The molecule has 5 nitrogen and oxygen atoms in total. The van der Waals surface area contributed by atoms with E-state index >= 15 is 0 Å². The molecule has 1 unspecified atom stereocenters. The molecule has 0 spiro atoms. The van der Waals surface area contributed by atoms with Crippen LogP contribution in [0.15, 0.2) is 23.1 Å². The van der Waals surface area contributed by atoms with E-state index in [2.05, 4.69) is 19.2 Å². The van der Waals surface area contributed by atoms with E-state index in [4.69, 9.17) is 15.2 Å². The molecule has 0 bridgehead atoms. The molecule has 0 saturated carbocycles. The van der Waals surface area contributed by atoms with E-state index in [9.17, 15) is 4.79 Å². The quantitative estimate of drug-likeness (QED) is 0.669. The second-order valence-electron chi connectivity index (χ2n) is 6.39. The molecule has 0 radical (unpaired) electrons. The maximum Gasteiger partial charge on any atom is 0.221 e. The SMILES string of the molecule is CC(C)CC(CN)NC(=O)CCSc1ccc2c(c1)OCCCO2.Cl. The highest BCUT2D eigenvalue weighted by Gasteiger charge is 2.13. The third kappa shape index (κ3) is 7.75. The zero-order valence-corrected chi connectivity index (χ0v) is 16.6. The van der Waals surface area contributed by atoms with Crippen LogP contribution in [0.25, 0.3) is 0 Å². The number of halogens is 1. The summed E-state index contributed by atoms with van der Waals surface area (Å²) in [6, 6.07) is 6.01. The molecule has 1 aliphatic rings. The van der Waals surface area contributed by atoms with E-state index in [1.807, 2.05) is 18.2 Å². The van der Waals surface area contributed by atoms with Gasteiger partial charge in [0.25, 0.3) is 0 Å². The van der Waals surface area contributed by atoms with Gasteiger partial charge in [0, 0.05) is 36.1 Å². The van der Waals surface area contributed by atoms with Crippen LogP contribution in [0.2, 0.25) is 0 Å². The summed E-state index contributed by atoms with van der Waals surface area (Å²) in [5, 5.41) is 3.02. The van der Waals surface area contributed by atoms with E-state index in [1.54, 1.807) is 11.8 Å². The maximum atomic E-state index is 12.0. The van der Waals surface area contributed by atoms with Crippen molar-refractivity contribution in [1.82, 2.24) is 5.32 Å². The number of nitrogens with one attached hydrogen (secondary N) is 1. The predicted molar refractivity (Wildman–Crippen MR) is 105 cm³/mol. The summed E-state index contributed by atoms with van der Waals surface area (Å²) in [4.78, 5) is 13.1. The van der Waals surface area contributed by atoms with Crippen molar-refractivity contribution in [1.29, 1.82) is 0 Å². The number of carbonyl (C=O) groups excluding carboxylic acids is 1. The predicted octanol–water partition coefficient (Wildman–Crippen LogP) is 3.24. The number of rotatable bonds is 8. The van der Waals surface area contributed by atoms with Crippen molar-refractivity contribution in [3.05, 3.63) is 18.2 Å². The second-order valence-corrected chi connectivity index (χ2v) is 7.56. The minimum Gasteiger partial charge on any atom is -0.490 e. The van der Waals surface area contributed by atoms with Gasteiger partial charge >= 0.3 is 0 Å². The fraction of sp³-hybridized carbons (Fsp3) is 0.611. The molecular formula is C18H29ClN2O3S. The molecule has 1 aliphatic heterocycles. The van der Waals surface area contributed by atoms with Crippen LogP contribution in [0.5, 0.6) is 11.5 Å². The number of thioether (sulfide) groups is 1. The van der Waals surface area contributed by atoms with Crippen LogP contribution >= 0.6 is 24.2 Å². The van der Waals surface area contributed by atoms with Crippen molar-refractivity contribution in [2.45, 2.75) is 44.0 Å². The first-order valence-corrected chi connectivity index (χ1v) is 9.59. The van der Waals surface area contributed by atoms with Crippen LogP contribution < -0.4 is 20.5 Å². The highest BCUT2D eigenvalue weighted by atomic mass is 35.5. The van der Waals surface area contributed by atoms with E-state index in [-0.39, 0.29) is 24.4 Å². The Balaban J connectivity index is 0.00000312. The topological polar surface area (TPSA) is 73.6 Å². The fourth-order valence-electron chi connectivity index (χ4n) is 2.58.